The van der Waals surface area contributed by atoms with Crippen LogP contribution in [0.5, 0.6) is 5.75 Å². The van der Waals surface area contributed by atoms with E-state index >= 15 is 0 Å². The van der Waals surface area contributed by atoms with Gasteiger partial charge in [0.1, 0.15) is 11.8 Å². The molecule has 0 spiro atoms. The zero-order chi connectivity index (χ0) is 9.90. The lowest BCUT2D eigenvalue weighted by Crippen LogP contribution is -2.25. The highest BCUT2D eigenvalue weighted by Gasteiger charge is 2.18. The maximum Gasteiger partial charge on any atom is 0.188 e. The van der Waals surface area contributed by atoms with Crippen LogP contribution in [0.4, 0.5) is 0 Å². The number of hydrogen-bond acceptors (Lipinski definition) is 2. The van der Waals surface area contributed by atoms with Crippen LogP contribution < -0.4 is 4.74 Å². The number of rotatable bonds is 2. The molecule has 1 radical (unpaired) electrons. The number of halogens is 1. The third-order valence-corrected chi connectivity index (χ3v) is 1.59. The molecule has 0 saturated heterocycles. The van der Waals surface area contributed by atoms with E-state index < -0.39 is 5.60 Å². The third-order valence-electron chi connectivity index (χ3n) is 1.37. The molecule has 0 bridgehead atoms. The molecule has 0 fully saturated rings. The first-order valence-electron chi connectivity index (χ1n) is 3.80. The van der Waals surface area contributed by atoms with Gasteiger partial charge >= 0.3 is 0 Å². The van der Waals surface area contributed by atoms with E-state index in [1.54, 1.807) is 32.0 Å². The Morgan fingerprint density at radius 3 is 2.77 bits per heavy atom. The molecule has 0 heterocycles. The van der Waals surface area contributed by atoms with E-state index in [4.69, 9.17) is 21.6 Å². The second-order valence-electron chi connectivity index (χ2n) is 3.11. The lowest BCUT2D eigenvalue weighted by atomic mass is 10.2. The van der Waals surface area contributed by atoms with E-state index in [1.807, 2.05) is 6.07 Å². The Bertz CT molecular complexity index is 341. The molecule has 3 heteroatoms. The summed E-state index contributed by atoms with van der Waals surface area (Å²) in [6, 6.07) is 9.77. The number of nitrogens with zero attached hydrogens (tertiary/aromatic N) is 1. The first-order chi connectivity index (χ1) is 6.03. The van der Waals surface area contributed by atoms with Crippen molar-refractivity contribution in [3.8, 4) is 11.8 Å². The van der Waals surface area contributed by atoms with Gasteiger partial charge < -0.3 is 4.74 Å². The molecule has 2 nitrogen and oxygen atoms in total. The van der Waals surface area contributed by atoms with Gasteiger partial charge in [-0.05, 0) is 38.1 Å². The van der Waals surface area contributed by atoms with Crippen LogP contribution in [-0.2, 0) is 0 Å². The molecule has 1 aromatic carbocycles. The molecule has 0 amide bonds. The SMILES string of the molecule is CC(C)(C#N)Oc1c[c]cc(Cl)c1. The Kier molecular flexibility index (Phi) is 2.79. The maximum atomic E-state index is 8.71. The Morgan fingerprint density at radius 1 is 1.54 bits per heavy atom. The van der Waals surface area contributed by atoms with Gasteiger partial charge in [0.15, 0.2) is 5.60 Å². The topological polar surface area (TPSA) is 33.0 Å². The van der Waals surface area contributed by atoms with Crippen molar-refractivity contribution in [2.75, 3.05) is 0 Å². The van der Waals surface area contributed by atoms with Crippen LogP contribution >= 0.6 is 11.6 Å². The standard InChI is InChI=1S/C10H9ClNO/c1-10(2,7-12)13-9-5-3-4-8(11)6-9/h4-6H,1-2H3. The predicted molar refractivity (Wildman–Crippen MR) is 50.6 cm³/mol. The molecule has 0 aliphatic carbocycles. The minimum Gasteiger partial charge on any atom is -0.473 e. The summed E-state index contributed by atoms with van der Waals surface area (Å²) in [6.07, 6.45) is 0. The average molecular weight is 195 g/mol. The molecular weight excluding hydrogens is 186 g/mol. The van der Waals surface area contributed by atoms with Gasteiger partial charge in [-0.25, -0.2) is 0 Å². The molecule has 1 rings (SSSR count). The van der Waals surface area contributed by atoms with Crippen molar-refractivity contribution in [2.24, 2.45) is 0 Å². The van der Waals surface area contributed by atoms with E-state index in [9.17, 15) is 0 Å². The van der Waals surface area contributed by atoms with Crippen molar-refractivity contribution in [3.05, 3.63) is 29.3 Å². The fourth-order valence-electron chi connectivity index (χ4n) is 0.799. The van der Waals surface area contributed by atoms with E-state index in [2.05, 4.69) is 6.07 Å². The number of nitriles is 1. The summed E-state index contributed by atoms with van der Waals surface area (Å²) >= 11 is 5.72. The molecule has 13 heavy (non-hydrogen) atoms. The van der Waals surface area contributed by atoms with Crippen molar-refractivity contribution in [3.63, 3.8) is 0 Å². The molecule has 1 aromatic rings. The Balaban J connectivity index is 2.82. The number of benzene rings is 1. The Hall–Kier alpha value is -1.20. The first-order valence-corrected chi connectivity index (χ1v) is 4.18. The zero-order valence-corrected chi connectivity index (χ0v) is 8.22. The zero-order valence-electron chi connectivity index (χ0n) is 7.47. The highest BCUT2D eigenvalue weighted by atomic mass is 35.5. The lowest BCUT2D eigenvalue weighted by molar-refractivity contribution is 0.170. The normalized spacial score (nSPS) is 10.6. The van der Waals surface area contributed by atoms with E-state index in [0.29, 0.717) is 10.8 Å². The lowest BCUT2D eigenvalue weighted by Gasteiger charge is -2.17. The monoisotopic (exact) mass is 194 g/mol. The molecule has 0 atom stereocenters. The van der Waals surface area contributed by atoms with Gasteiger partial charge in [0.2, 0.25) is 0 Å². The molecule has 0 aromatic heterocycles. The molecule has 0 aliphatic heterocycles. The minimum atomic E-state index is -0.835. The van der Waals surface area contributed by atoms with Gasteiger partial charge in [0.05, 0.1) is 0 Å². The summed E-state index contributed by atoms with van der Waals surface area (Å²) in [7, 11) is 0. The molecule has 0 saturated carbocycles. The first kappa shape index (κ1) is 9.88. The number of hydrogen-bond donors (Lipinski definition) is 0. The molecule has 0 aliphatic rings. The van der Waals surface area contributed by atoms with Crippen molar-refractivity contribution in [1.82, 2.24) is 0 Å². The third kappa shape index (κ3) is 2.96. The van der Waals surface area contributed by atoms with Gasteiger partial charge in [-0.2, -0.15) is 5.26 Å². The van der Waals surface area contributed by atoms with Crippen LogP contribution in [0, 0.1) is 17.4 Å². The van der Waals surface area contributed by atoms with Crippen molar-refractivity contribution < 1.29 is 4.74 Å². The summed E-state index contributed by atoms with van der Waals surface area (Å²) < 4.78 is 5.36. The molecular formula is C10H9ClNO. The van der Waals surface area contributed by atoms with E-state index in [0.717, 1.165) is 0 Å². The van der Waals surface area contributed by atoms with Crippen LogP contribution in [0.25, 0.3) is 0 Å². The van der Waals surface area contributed by atoms with Gasteiger partial charge in [-0.15, -0.1) is 0 Å². The van der Waals surface area contributed by atoms with Crippen molar-refractivity contribution in [2.45, 2.75) is 19.4 Å². The second-order valence-corrected chi connectivity index (χ2v) is 3.55. The fourth-order valence-corrected chi connectivity index (χ4v) is 0.970. The van der Waals surface area contributed by atoms with Crippen molar-refractivity contribution >= 4 is 11.6 Å². The van der Waals surface area contributed by atoms with Crippen LogP contribution in [0.1, 0.15) is 13.8 Å². The highest BCUT2D eigenvalue weighted by molar-refractivity contribution is 6.30. The fraction of sp³-hybridized carbons (Fsp3) is 0.300. The summed E-state index contributed by atoms with van der Waals surface area (Å²) in [5.41, 5.74) is -0.835. The van der Waals surface area contributed by atoms with Crippen LogP contribution in [0.15, 0.2) is 18.2 Å². The molecule has 0 unspecified atom stereocenters. The van der Waals surface area contributed by atoms with Gasteiger partial charge in [-0.1, -0.05) is 11.6 Å². The van der Waals surface area contributed by atoms with E-state index in [-0.39, 0.29) is 0 Å². The number of ether oxygens (including phenoxy) is 1. The van der Waals surface area contributed by atoms with Crippen LogP contribution in [0.2, 0.25) is 5.02 Å². The average Bonchev–Trinajstić information content (AvgIpc) is 2.03. The summed E-state index contributed by atoms with van der Waals surface area (Å²) in [6.45, 7) is 3.38. The quantitative estimate of drug-likeness (QED) is 0.726. The van der Waals surface area contributed by atoms with Crippen LogP contribution in [-0.4, -0.2) is 5.60 Å². The van der Waals surface area contributed by atoms with Gasteiger partial charge in [-0.3, -0.25) is 0 Å². The predicted octanol–water partition coefficient (Wildman–Crippen LogP) is 2.82. The second kappa shape index (κ2) is 3.68. The Morgan fingerprint density at radius 2 is 2.23 bits per heavy atom. The van der Waals surface area contributed by atoms with Crippen molar-refractivity contribution in [1.29, 1.82) is 5.26 Å². The Labute approximate surface area is 82.7 Å². The smallest absolute Gasteiger partial charge is 0.188 e. The minimum absolute atomic E-state index is 0.547. The largest absolute Gasteiger partial charge is 0.473 e. The maximum absolute atomic E-state index is 8.71. The van der Waals surface area contributed by atoms with Gasteiger partial charge in [0, 0.05) is 5.02 Å². The van der Waals surface area contributed by atoms with Gasteiger partial charge in [0.25, 0.3) is 0 Å². The summed E-state index contributed by atoms with van der Waals surface area (Å²) in [5, 5.41) is 9.25. The van der Waals surface area contributed by atoms with E-state index in [1.165, 1.54) is 0 Å². The summed E-state index contributed by atoms with van der Waals surface area (Å²) in [4.78, 5) is 0. The van der Waals surface area contributed by atoms with Crippen LogP contribution in [0.3, 0.4) is 0 Å². The molecule has 67 valence electrons. The molecule has 0 N–H and O–H groups in total. The highest BCUT2D eigenvalue weighted by Crippen LogP contribution is 2.21. The summed E-state index contributed by atoms with van der Waals surface area (Å²) in [5.74, 6) is 0.555.